The zero-order valence-corrected chi connectivity index (χ0v) is 11.8. The molecule has 2 heterocycles. The Labute approximate surface area is 120 Å². The monoisotopic (exact) mass is 294 g/mol. The second-order valence-corrected chi connectivity index (χ2v) is 4.29. The molecule has 18 heavy (non-hydrogen) atoms. The molecule has 0 saturated carbocycles. The van der Waals surface area contributed by atoms with Crippen molar-refractivity contribution < 1.29 is 4.79 Å². The Hall–Kier alpha value is -0.780. The van der Waals surface area contributed by atoms with Gasteiger partial charge in [0.25, 0.3) is 0 Å². The van der Waals surface area contributed by atoms with Crippen molar-refractivity contribution in [3.8, 4) is 0 Å². The number of piperidine rings is 1. The summed E-state index contributed by atoms with van der Waals surface area (Å²) in [5, 5.41) is 0. The molecular formula is C11H20Cl2N4O. The summed E-state index contributed by atoms with van der Waals surface area (Å²) >= 11 is 0. The summed E-state index contributed by atoms with van der Waals surface area (Å²) in [5.74, 6) is 0.198. The Morgan fingerprint density at radius 1 is 1.44 bits per heavy atom. The van der Waals surface area contributed by atoms with Gasteiger partial charge in [-0.3, -0.25) is 4.79 Å². The fourth-order valence-corrected chi connectivity index (χ4v) is 2.04. The molecule has 7 heteroatoms. The van der Waals surface area contributed by atoms with Crippen LogP contribution in [0.2, 0.25) is 0 Å². The molecule has 104 valence electrons. The van der Waals surface area contributed by atoms with Crippen LogP contribution in [0.15, 0.2) is 18.7 Å². The van der Waals surface area contributed by atoms with Gasteiger partial charge in [0.2, 0.25) is 5.91 Å². The average Bonchev–Trinajstić information content (AvgIpc) is 2.78. The van der Waals surface area contributed by atoms with E-state index in [1.807, 2.05) is 15.7 Å². The summed E-state index contributed by atoms with van der Waals surface area (Å²) in [6, 6.07) is 0.158. The van der Waals surface area contributed by atoms with Crippen molar-refractivity contribution >= 4 is 30.7 Å². The fraction of sp³-hybridized carbons (Fsp3) is 0.636. The molecule has 1 atom stereocenters. The molecule has 1 amide bonds. The molecule has 5 nitrogen and oxygen atoms in total. The minimum Gasteiger partial charge on any atom is -0.341 e. The molecule has 0 radical (unpaired) electrons. The minimum absolute atomic E-state index is 0. The van der Waals surface area contributed by atoms with Gasteiger partial charge in [-0.2, -0.15) is 0 Å². The second-order valence-electron chi connectivity index (χ2n) is 4.29. The molecule has 1 aromatic rings. The van der Waals surface area contributed by atoms with Gasteiger partial charge in [-0.1, -0.05) is 0 Å². The molecule has 0 aromatic carbocycles. The predicted octanol–water partition coefficient (Wildman–Crippen LogP) is 1.07. The molecule has 1 aliphatic heterocycles. The SMILES string of the molecule is Cl.Cl.N[C@@H]1CCCN(C(=O)CCn2ccnc2)C1. The van der Waals surface area contributed by atoms with Gasteiger partial charge in [0.05, 0.1) is 6.33 Å². The first-order valence-corrected chi connectivity index (χ1v) is 5.75. The van der Waals surface area contributed by atoms with Crippen molar-refractivity contribution in [2.24, 2.45) is 5.73 Å². The third kappa shape index (κ3) is 4.84. The van der Waals surface area contributed by atoms with Gasteiger partial charge in [-0.25, -0.2) is 4.98 Å². The lowest BCUT2D eigenvalue weighted by atomic mass is 10.1. The summed E-state index contributed by atoms with van der Waals surface area (Å²) in [5.41, 5.74) is 5.84. The molecule has 0 aliphatic carbocycles. The van der Waals surface area contributed by atoms with Gasteiger partial charge in [0.15, 0.2) is 0 Å². The molecule has 1 fully saturated rings. The van der Waals surface area contributed by atoms with Gasteiger partial charge in [-0.15, -0.1) is 24.8 Å². The number of imidazole rings is 1. The van der Waals surface area contributed by atoms with Crippen LogP contribution in [0.3, 0.4) is 0 Å². The third-order valence-corrected chi connectivity index (χ3v) is 2.95. The number of nitrogens with two attached hydrogens (primary N) is 1. The maximum Gasteiger partial charge on any atom is 0.224 e. The van der Waals surface area contributed by atoms with Crippen molar-refractivity contribution in [3.05, 3.63) is 18.7 Å². The van der Waals surface area contributed by atoms with Crippen LogP contribution in [0.1, 0.15) is 19.3 Å². The lowest BCUT2D eigenvalue weighted by Gasteiger charge is -2.30. The number of likely N-dealkylation sites (tertiary alicyclic amines) is 1. The largest absolute Gasteiger partial charge is 0.341 e. The summed E-state index contributed by atoms with van der Waals surface area (Å²) in [6.45, 7) is 2.27. The first-order chi connectivity index (χ1) is 7.75. The number of rotatable bonds is 3. The van der Waals surface area contributed by atoms with Gasteiger partial charge in [-0.05, 0) is 12.8 Å². The van der Waals surface area contributed by atoms with Crippen molar-refractivity contribution in [1.82, 2.24) is 14.5 Å². The van der Waals surface area contributed by atoms with Crippen LogP contribution in [-0.4, -0.2) is 39.5 Å². The number of halogens is 2. The summed E-state index contributed by atoms with van der Waals surface area (Å²) in [7, 11) is 0. The lowest BCUT2D eigenvalue weighted by molar-refractivity contribution is -0.132. The lowest BCUT2D eigenvalue weighted by Crippen LogP contribution is -2.45. The van der Waals surface area contributed by atoms with Crippen LogP contribution in [0.25, 0.3) is 0 Å². The summed E-state index contributed by atoms with van der Waals surface area (Å²) in [6.07, 6.45) is 7.91. The van der Waals surface area contributed by atoms with E-state index < -0.39 is 0 Å². The number of carbonyl (C=O) groups excluding carboxylic acids is 1. The average molecular weight is 295 g/mol. The van der Waals surface area contributed by atoms with Gasteiger partial charge >= 0.3 is 0 Å². The van der Waals surface area contributed by atoms with E-state index in [4.69, 9.17) is 5.73 Å². The molecule has 0 spiro atoms. The number of hydrogen-bond acceptors (Lipinski definition) is 3. The number of nitrogens with zero attached hydrogens (tertiary/aromatic N) is 3. The van der Waals surface area contributed by atoms with Crippen molar-refractivity contribution in [3.63, 3.8) is 0 Å². The first-order valence-electron chi connectivity index (χ1n) is 5.75. The predicted molar refractivity (Wildman–Crippen MR) is 75.1 cm³/mol. The Bertz CT molecular complexity index is 345. The van der Waals surface area contributed by atoms with E-state index in [1.54, 1.807) is 12.5 Å². The van der Waals surface area contributed by atoms with E-state index in [2.05, 4.69) is 4.98 Å². The summed E-state index contributed by atoms with van der Waals surface area (Å²) < 4.78 is 1.92. The molecular weight excluding hydrogens is 275 g/mol. The van der Waals surface area contributed by atoms with Crippen LogP contribution in [0, 0.1) is 0 Å². The second kappa shape index (κ2) is 8.34. The number of carbonyl (C=O) groups is 1. The Morgan fingerprint density at radius 3 is 2.83 bits per heavy atom. The van der Waals surface area contributed by atoms with Crippen molar-refractivity contribution in [1.29, 1.82) is 0 Å². The highest BCUT2D eigenvalue weighted by molar-refractivity contribution is 5.85. The van der Waals surface area contributed by atoms with Gasteiger partial charge in [0.1, 0.15) is 0 Å². The van der Waals surface area contributed by atoms with E-state index >= 15 is 0 Å². The Balaban J connectivity index is 0.00000144. The maximum absolute atomic E-state index is 11.9. The fourth-order valence-electron chi connectivity index (χ4n) is 2.04. The quantitative estimate of drug-likeness (QED) is 0.907. The zero-order valence-electron chi connectivity index (χ0n) is 10.2. The molecule has 0 bridgehead atoms. The zero-order chi connectivity index (χ0) is 11.4. The number of hydrogen-bond donors (Lipinski definition) is 1. The Kier molecular flexibility index (Phi) is 7.98. The van der Waals surface area contributed by atoms with Crippen LogP contribution < -0.4 is 5.73 Å². The van der Waals surface area contributed by atoms with Crippen molar-refractivity contribution in [2.45, 2.75) is 31.8 Å². The van der Waals surface area contributed by atoms with E-state index in [0.717, 1.165) is 19.4 Å². The van der Waals surface area contributed by atoms with E-state index in [-0.39, 0.29) is 36.8 Å². The van der Waals surface area contributed by atoms with Crippen LogP contribution in [0.5, 0.6) is 0 Å². The van der Waals surface area contributed by atoms with Crippen LogP contribution >= 0.6 is 24.8 Å². The minimum atomic E-state index is 0. The highest BCUT2D eigenvalue weighted by Gasteiger charge is 2.20. The van der Waals surface area contributed by atoms with Gasteiger partial charge < -0.3 is 15.2 Å². The topological polar surface area (TPSA) is 64.2 Å². The highest BCUT2D eigenvalue weighted by Crippen LogP contribution is 2.09. The molecule has 1 aromatic heterocycles. The molecule has 1 saturated heterocycles. The molecule has 2 N–H and O–H groups in total. The maximum atomic E-state index is 11.9. The summed E-state index contributed by atoms with van der Waals surface area (Å²) in [4.78, 5) is 17.7. The van der Waals surface area contributed by atoms with Gasteiger partial charge in [0, 0.05) is 44.5 Å². The van der Waals surface area contributed by atoms with Crippen molar-refractivity contribution in [2.75, 3.05) is 13.1 Å². The van der Waals surface area contributed by atoms with Crippen LogP contribution in [0.4, 0.5) is 0 Å². The normalized spacial score (nSPS) is 18.7. The standard InChI is InChI=1S/C11H18N4O.2ClH/c12-10-2-1-5-15(8-10)11(16)3-6-14-7-4-13-9-14;;/h4,7,9-10H,1-3,5-6,8,12H2;2*1H/t10-;;/m1../s1. The van der Waals surface area contributed by atoms with E-state index in [9.17, 15) is 4.79 Å². The molecule has 1 aliphatic rings. The van der Waals surface area contributed by atoms with E-state index in [0.29, 0.717) is 19.5 Å². The number of aryl methyl sites for hydroxylation is 1. The molecule has 2 rings (SSSR count). The molecule has 0 unspecified atom stereocenters. The number of amides is 1. The smallest absolute Gasteiger partial charge is 0.224 e. The van der Waals surface area contributed by atoms with E-state index in [1.165, 1.54) is 0 Å². The number of aromatic nitrogens is 2. The third-order valence-electron chi connectivity index (χ3n) is 2.95. The highest BCUT2D eigenvalue weighted by atomic mass is 35.5. The first kappa shape index (κ1) is 17.2. The Morgan fingerprint density at radius 2 is 2.22 bits per heavy atom. The van der Waals surface area contributed by atoms with Crippen LogP contribution in [-0.2, 0) is 11.3 Å².